The molecule has 2 rings (SSSR count). The monoisotopic (exact) mass is 270 g/mol. The third-order valence-electron chi connectivity index (χ3n) is 2.86. The number of fused-ring (bicyclic) bond motifs is 1. The number of carbonyl (C=O) groups is 1. The number of carboxylic acid groups (broad SMARTS) is 1. The van der Waals surface area contributed by atoms with Crippen LogP contribution in [0.3, 0.4) is 0 Å². The zero-order chi connectivity index (χ0) is 12.7. The lowest BCUT2D eigenvalue weighted by Crippen LogP contribution is -1.92. The van der Waals surface area contributed by atoms with Crippen LogP contribution in [0.15, 0.2) is 6.07 Å². The van der Waals surface area contributed by atoms with Crippen LogP contribution < -0.4 is 4.74 Å². The van der Waals surface area contributed by atoms with Gasteiger partial charge in [-0.1, -0.05) is 11.6 Å². The largest absolute Gasteiger partial charge is 0.496 e. The summed E-state index contributed by atoms with van der Waals surface area (Å²) in [4.78, 5) is 11.2. The summed E-state index contributed by atoms with van der Waals surface area (Å²) in [6, 6.07) is 1.83. The first-order valence-electron chi connectivity index (χ1n) is 4.96. The number of rotatable bonds is 2. The van der Waals surface area contributed by atoms with Crippen molar-refractivity contribution in [3.8, 4) is 5.75 Å². The number of benzene rings is 1. The van der Waals surface area contributed by atoms with Gasteiger partial charge in [0.15, 0.2) is 0 Å². The van der Waals surface area contributed by atoms with Crippen LogP contribution in [-0.2, 0) is 0 Å². The van der Waals surface area contributed by atoms with E-state index in [1.165, 1.54) is 11.3 Å². The van der Waals surface area contributed by atoms with E-state index >= 15 is 0 Å². The van der Waals surface area contributed by atoms with Crippen molar-refractivity contribution in [2.45, 2.75) is 13.8 Å². The van der Waals surface area contributed by atoms with Crippen LogP contribution in [0.1, 0.15) is 20.8 Å². The Morgan fingerprint density at radius 3 is 2.59 bits per heavy atom. The van der Waals surface area contributed by atoms with Gasteiger partial charge in [0.05, 0.1) is 12.1 Å². The number of aryl methyl sites for hydroxylation is 1. The van der Waals surface area contributed by atoms with Crippen LogP contribution in [0.4, 0.5) is 0 Å². The van der Waals surface area contributed by atoms with Crippen molar-refractivity contribution >= 4 is 39.0 Å². The molecule has 90 valence electrons. The van der Waals surface area contributed by atoms with Crippen LogP contribution >= 0.6 is 22.9 Å². The lowest BCUT2D eigenvalue weighted by molar-refractivity contribution is 0.0702. The molecule has 0 saturated heterocycles. The highest BCUT2D eigenvalue weighted by Crippen LogP contribution is 2.41. The Hall–Kier alpha value is -1.26. The minimum absolute atomic E-state index is 0.178. The Morgan fingerprint density at radius 2 is 2.06 bits per heavy atom. The number of aromatic carboxylic acids is 1. The Labute approximate surface area is 108 Å². The van der Waals surface area contributed by atoms with Gasteiger partial charge in [0, 0.05) is 10.1 Å². The summed E-state index contributed by atoms with van der Waals surface area (Å²) in [6.07, 6.45) is 0. The van der Waals surface area contributed by atoms with E-state index in [-0.39, 0.29) is 4.88 Å². The van der Waals surface area contributed by atoms with Gasteiger partial charge in [-0.25, -0.2) is 4.79 Å². The van der Waals surface area contributed by atoms with E-state index in [9.17, 15) is 4.79 Å². The Kier molecular flexibility index (Phi) is 3.02. The topological polar surface area (TPSA) is 46.5 Å². The summed E-state index contributed by atoms with van der Waals surface area (Å²) in [5.41, 5.74) is 1.95. The molecule has 0 spiro atoms. The number of halogens is 1. The highest BCUT2D eigenvalue weighted by Gasteiger charge is 2.19. The molecule has 2 aromatic rings. The standard InChI is InChI=1S/C12H11ClO3S/c1-5-6(2)9-8(4-7(5)16-3)17-11(10(9)13)12(14)15/h4H,1-3H3,(H,14,15). The number of thiophene rings is 1. The van der Waals surface area contributed by atoms with Gasteiger partial charge >= 0.3 is 5.97 Å². The molecule has 1 aromatic carbocycles. The lowest BCUT2D eigenvalue weighted by atomic mass is 10.0. The maximum Gasteiger partial charge on any atom is 0.347 e. The number of methoxy groups -OCH3 is 1. The molecule has 1 N–H and O–H groups in total. The SMILES string of the molecule is COc1cc2sc(C(=O)O)c(Cl)c2c(C)c1C. The number of hydrogen-bond acceptors (Lipinski definition) is 3. The van der Waals surface area contributed by atoms with E-state index in [4.69, 9.17) is 21.4 Å². The Morgan fingerprint density at radius 1 is 1.41 bits per heavy atom. The summed E-state index contributed by atoms with van der Waals surface area (Å²) < 4.78 is 6.10. The third kappa shape index (κ3) is 1.77. The predicted molar refractivity (Wildman–Crippen MR) is 69.8 cm³/mol. The normalized spacial score (nSPS) is 10.8. The van der Waals surface area contributed by atoms with Crippen LogP contribution in [0.5, 0.6) is 5.75 Å². The van der Waals surface area contributed by atoms with Crippen LogP contribution in [0, 0.1) is 13.8 Å². The molecule has 17 heavy (non-hydrogen) atoms. The molecule has 0 aliphatic heterocycles. The van der Waals surface area contributed by atoms with E-state index in [0.29, 0.717) is 5.02 Å². The minimum Gasteiger partial charge on any atom is -0.496 e. The second-order valence-electron chi connectivity index (χ2n) is 3.75. The molecule has 1 aromatic heterocycles. The number of hydrogen-bond donors (Lipinski definition) is 1. The molecule has 0 unspecified atom stereocenters. The van der Waals surface area contributed by atoms with Crippen molar-refractivity contribution in [3.63, 3.8) is 0 Å². The van der Waals surface area contributed by atoms with Crippen molar-refractivity contribution in [2.75, 3.05) is 7.11 Å². The van der Waals surface area contributed by atoms with Gasteiger partial charge in [-0.05, 0) is 31.0 Å². The van der Waals surface area contributed by atoms with Crippen molar-refractivity contribution in [3.05, 3.63) is 27.1 Å². The van der Waals surface area contributed by atoms with E-state index < -0.39 is 5.97 Å². The summed E-state index contributed by atoms with van der Waals surface area (Å²) in [7, 11) is 1.60. The van der Waals surface area contributed by atoms with Crippen molar-refractivity contribution in [1.29, 1.82) is 0 Å². The fourth-order valence-electron chi connectivity index (χ4n) is 1.83. The second-order valence-corrected chi connectivity index (χ2v) is 5.18. The van der Waals surface area contributed by atoms with Gasteiger partial charge in [0.25, 0.3) is 0 Å². The second kappa shape index (κ2) is 4.20. The fourth-order valence-corrected chi connectivity index (χ4v) is 3.35. The van der Waals surface area contributed by atoms with Crippen LogP contribution in [0.2, 0.25) is 5.02 Å². The van der Waals surface area contributed by atoms with Gasteiger partial charge in [0.2, 0.25) is 0 Å². The third-order valence-corrected chi connectivity index (χ3v) is 4.48. The summed E-state index contributed by atoms with van der Waals surface area (Å²) >= 11 is 7.29. The first-order chi connectivity index (χ1) is 7.97. The van der Waals surface area contributed by atoms with Gasteiger partial charge in [-0.3, -0.25) is 0 Å². The lowest BCUT2D eigenvalue weighted by Gasteiger charge is -2.08. The summed E-state index contributed by atoms with van der Waals surface area (Å²) in [5, 5.41) is 10.2. The fraction of sp³-hybridized carbons (Fsp3) is 0.250. The highest BCUT2D eigenvalue weighted by molar-refractivity contribution is 7.21. The molecule has 0 bridgehead atoms. The van der Waals surface area contributed by atoms with Gasteiger partial charge in [-0.15, -0.1) is 11.3 Å². The maximum atomic E-state index is 11.0. The molecule has 3 nitrogen and oxygen atoms in total. The molecule has 0 amide bonds. The molecule has 0 atom stereocenters. The smallest absolute Gasteiger partial charge is 0.347 e. The van der Waals surface area contributed by atoms with Crippen molar-refractivity contribution in [1.82, 2.24) is 0 Å². The number of ether oxygens (including phenoxy) is 1. The van der Waals surface area contributed by atoms with Gasteiger partial charge in [-0.2, -0.15) is 0 Å². The molecule has 0 fully saturated rings. The quantitative estimate of drug-likeness (QED) is 0.901. The Bertz CT molecular complexity index is 616. The molecular formula is C12H11ClO3S. The zero-order valence-corrected chi connectivity index (χ0v) is 11.2. The Balaban J connectivity index is 2.88. The molecule has 1 heterocycles. The minimum atomic E-state index is -0.993. The molecule has 0 saturated carbocycles. The van der Waals surface area contributed by atoms with Crippen molar-refractivity contribution < 1.29 is 14.6 Å². The van der Waals surface area contributed by atoms with E-state index in [0.717, 1.165) is 27.0 Å². The van der Waals surface area contributed by atoms with Crippen LogP contribution in [0.25, 0.3) is 10.1 Å². The summed E-state index contributed by atoms with van der Waals surface area (Å²) in [5.74, 6) is -0.239. The molecular weight excluding hydrogens is 260 g/mol. The van der Waals surface area contributed by atoms with Gasteiger partial charge in [0.1, 0.15) is 10.6 Å². The van der Waals surface area contributed by atoms with E-state index in [2.05, 4.69) is 0 Å². The maximum absolute atomic E-state index is 11.0. The number of carboxylic acids is 1. The van der Waals surface area contributed by atoms with E-state index in [1.807, 2.05) is 19.9 Å². The van der Waals surface area contributed by atoms with Crippen molar-refractivity contribution in [2.24, 2.45) is 0 Å². The zero-order valence-electron chi connectivity index (χ0n) is 9.63. The highest BCUT2D eigenvalue weighted by atomic mass is 35.5. The average molecular weight is 271 g/mol. The van der Waals surface area contributed by atoms with Gasteiger partial charge < -0.3 is 9.84 Å². The van der Waals surface area contributed by atoms with Crippen LogP contribution in [-0.4, -0.2) is 18.2 Å². The predicted octanol–water partition coefficient (Wildman–Crippen LogP) is 3.88. The first kappa shape index (κ1) is 12.2. The first-order valence-corrected chi connectivity index (χ1v) is 6.16. The summed E-state index contributed by atoms with van der Waals surface area (Å²) in [6.45, 7) is 3.85. The molecule has 0 aliphatic carbocycles. The molecule has 5 heteroatoms. The molecule has 0 aliphatic rings. The average Bonchev–Trinajstić information content (AvgIpc) is 2.61. The van der Waals surface area contributed by atoms with E-state index in [1.54, 1.807) is 7.11 Å². The molecule has 0 radical (unpaired) electrons.